The van der Waals surface area contributed by atoms with Crippen molar-refractivity contribution in [3.63, 3.8) is 0 Å². The maximum Gasteiger partial charge on any atom is 0.0542 e. The molecular weight excluding hydrogens is 1000 g/mol. The van der Waals surface area contributed by atoms with Crippen LogP contribution in [0.15, 0.2) is 322 Å². The SMILES string of the molecule is Cc1cc(-c2cccc(-c3ccc4c(c3)c3cc(N(c5ccccc5)c5ccc(-c6ccccc6)cc5)ccc3n4-c3ccccc3)c2)cc(N(c2ccc(-c3ccccc3)cc2)c2ccc3c(c2)c2ccccc2n3-c2ccccc2)c1. The van der Waals surface area contributed by atoms with Gasteiger partial charge in [-0.05, 0) is 190 Å². The lowest BCUT2D eigenvalue weighted by Gasteiger charge is -2.27. The monoisotopic (exact) mass is 1060 g/mol. The Hall–Kier alpha value is -10.9. The van der Waals surface area contributed by atoms with Crippen molar-refractivity contribution in [3.05, 3.63) is 327 Å². The highest BCUT2D eigenvalue weighted by atomic mass is 15.1. The third-order valence-electron chi connectivity index (χ3n) is 16.3. The molecule has 2 aromatic heterocycles. The van der Waals surface area contributed by atoms with Gasteiger partial charge in [0.05, 0.1) is 22.1 Å². The third kappa shape index (κ3) is 9.09. The van der Waals surface area contributed by atoms with Gasteiger partial charge in [-0.2, -0.15) is 0 Å². The fourth-order valence-corrected chi connectivity index (χ4v) is 12.4. The summed E-state index contributed by atoms with van der Waals surface area (Å²) >= 11 is 0. The Bertz CT molecular complexity index is 4820. The van der Waals surface area contributed by atoms with Gasteiger partial charge in [0, 0.05) is 67.0 Å². The maximum absolute atomic E-state index is 2.42. The van der Waals surface area contributed by atoms with E-state index in [-0.39, 0.29) is 0 Å². The van der Waals surface area contributed by atoms with Gasteiger partial charge >= 0.3 is 0 Å². The molecule has 83 heavy (non-hydrogen) atoms. The van der Waals surface area contributed by atoms with E-state index in [0.29, 0.717) is 0 Å². The van der Waals surface area contributed by atoms with Crippen LogP contribution in [-0.4, -0.2) is 9.13 Å². The first-order valence-electron chi connectivity index (χ1n) is 28.5. The highest BCUT2D eigenvalue weighted by molar-refractivity contribution is 6.13. The summed E-state index contributed by atoms with van der Waals surface area (Å²) in [4.78, 5) is 4.79. The summed E-state index contributed by atoms with van der Waals surface area (Å²) in [5.41, 5.74) is 24.0. The van der Waals surface area contributed by atoms with E-state index in [4.69, 9.17) is 0 Å². The zero-order chi connectivity index (χ0) is 55.2. The fourth-order valence-electron chi connectivity index (χ4n) is 12.4. The molecule has 13 aromatic carbocycles. The predicted octanol–water partition coefficient (Wildman–Crippen LogP) is 21.8. The second kappa shape index (κ2) is 20.9. The number of benzene rings is 13. The second-order valence-electron chi connectivity index (χ2n) is 21.5. The van der Waals surface area contributed by atoms with Crippen molar-refractivity contribution in [2.75, 3.05) is 9.80 Å². The zero-order valence-electron chi connectivity index (χ0n) is 45.9. The molecule has 0 fully saturated rings. The fraction of sp³-hybridized carbons (Fsp3) is 0.0127. The van der Waals surface area contributed by atoms with Crippen molar-refractivity contribution in [2.45, 2.75) is 6.92 Å². The van der Waals surface area contributed by atoms with Crippen LogP contribution in [0.1, 0.15) is 5.56 Å². The number of aryl methyl sites for hydroxylation is 1. The van der Waals surface area contributed by atoms with Gasteiger partial charge in [0.15, 0.2) is 0 Å². The number of anilines is 6. The molecule has 0 spiro atoms. The van der Waals surface area contributed by atoms with E-state index in [1.807, 2.05) is 0 Å². The highest BCUT2D eigenvalue weighted by Gasteiger charge is 2.21. The lowest BCUT2D eigenvalue weighted by molar-refractivity contribution is 1.18. The van der Waals surface area contributed by atoms with E-state index >= 15 is 0 Å². The van der Waals surface area contributed by atoms with E-state index in [1.54, 1.807) is 0 Å². The van der Waals surface area contributed by atoms with E-state index < -0.39 is 0 Å². The highest BCUT2D eigenvalue weighted by Crippen LogP contribution is 2.44. The Morgan fingerprint density at radius 2 is 0.566 bits per heavy atom. The van der Waals surface area contributed by atoms with Crippen LogP contribution >= 0.6 is 0 Å². The number of hydrogen-bond donors (Lipinski definition) is 0. The lowest BCUT2D eigenvalue weighted by atomic mass is 9.96. The van der Waals surface area contributed by atoms with Crippen molar-refractivity contribution in [2.24, 2.45) is 0 Å². The van der Waals surface area contributed by atoms with Gasteiger partial charge < -0.3 is 18.9 Å². The van der Waals surface area contributed by atoms with Crippen LogP contribution in [0.2, 0.25) is 0 Å². The molecule has 4 heteroatoms. The maximum atomic E-state index is 2.42. The molecule has 0 saturated carbocycles. The number of rotatable bonds is 12. The molecule has 4 nitrogen and oxygen atoms in total. The summed E-state index contributed by atoms with van der Waals surface area (Å²) in [5.74, 6) is 0. The first-order valence-corrected chi connectivity index (χ1v) is 28.5. The Labute approximate surface area is 483 Å². The first-order chi connectivity index (χ1) is 41.1. The largest absolute Gasteiger partial charge is 0.310 e. The van der Waals surface area contributed by atoms with E-state index in [1.165, 1.54) is 60.4 Å². The number of para-hydroxylation sites is 4. The van der Waals surface area contributed by atoms with Crippen molar-refractivity contribution < 1.29 is 0 Å². The molecule has 392 valence electrons. The van der Waals surface area contributed by atoms with Crippen LogP contribution in [0.4, 0.5) is 34.1 Å². The minimum Gasteiger partial charge on any atom is -0.310 e. The average molecular weight is 1060 g/mol. The lowest BCUT2D eigenvalue weighted by Crippen LogP contribution is -2.10. The number of hydrogen-bond acceptors (Lipinski definition) is 2. The summed E-state index contributed by atoms with van der Waals surface area (Å²) in [6, 6.07) is 117. The molecule has 0 N–H and O–H groups in total. The summed E-state index contributed by atoms with van der Waals surface area (Å²) in [6.45, 7) is 2.22. The summed E-state index contributed by atoms with van der Waals surface area (Å²) in [5, 5.41) is 4.80. The Balaban J connectivity index is 0.845. The quantitative estimate of drug-likeness (QED) is 0.121. The molecule has 0 bridgehead atoms. The number of aromatic nitrogens is 2. The van der Waals surface area contributed by atoms with E-state index in [0.717, 1.165) is 78.8 Å². The van der Waals surface area contributed by atoms with Crippen LogP contribution in [0.25, 0.3) is 99.5 Å². The Morgan fingerprint density at radius 1 is 0.205 bits per heavy atom. The normalized spacial score (nSPS) is 11.4. The van der Waals surface area contributed by atoms with Gasteiger partial charge in [0.1, 0.15) is 0 Å². The standard InChI is InChI=1S/C79H56N4/c1-55-48-63(51-71(49-55)81(68-41-36-59(37-42-68)57-22-9-3-10-23-57)70-44-46-78-74(53-70)72-32-17-18-33-76(72)82(78)65-28-13-5-14-29-65)61-25-19-24-60(50-61)62-38-45-77-73(52-62)75-54-69(43-47-79(75)83(77)66-30-15-6-16-31-66)80(64-26-11-4-12-27-64)67-39-34-58(35-40-67)56-20-7-2-8-21-56/h2-54H,1H3. The Morgan fingerprint density at radius 3 is 1.12 bits per heavy atom. The topological polar surface area (TPSA) is 16.3 Å². The van der Waals surface area contributed by atoms with Gasteiger partial charge in [-0.25, -0.2) is 0 Å². The van der Waals surface area contributed by atoms with Crippen molar-refractivity contribution >= 4 is 77.7 Å². The predicted molar refractivity (Wildman–Crippen MR) is 351 cm³/mol. The smallest absolute Gasteiger partial charge is 0.0542 e. The summed E-state index contributed by atoms with van der Waals surface area (Å²) in [7, 11) is 0. The van der Waals surface area contributed by atoms with Crippen LogP contribution in [-0.2, 0) is 0 Å². The molecule has 0 aliphatic carbocycles. The molecule has 2 heterocycles. The van der Waals surface area contributed by atoms with Crippen LogP contribution < -0.4 is 9.80 Å². The molecule has 0 aliphatic rings. The Kier molecular flexibility index (Phi) is 12.4. The van der Waals surface area contributed by atoms with Gasteiger partial charge in [-0.1, -0.05) is 188 Å². The van der Waals surface area contributed by atoms with Crippen LogP contribution in [0, 0.1) is 6.92 Å². The molecule has 0 saturated heterocycles. The third-order valence-corrected chi connectivity index (χ3v) is 16.3. The van der Waals surface area contributed by atoms with Gasteiger partial charge in [-0.3, -0.25) is 0 Å². The van der Waals surface area contributed by atoms with Crippen LogP contribution in [0.5, 0.6) is 0 Å². The summed E-state index contributed by atoms with van der Waals surface area (Å²) < 4.78 is 4.79. The zero-order valence-corrected chi connectivity index (χ0v) is 45.9. The van der Waals surface area contributed by atoms with Gasteiger partial charge in [-0.15, -0.1) is 0 Å². The number of fused-ring (bicyclic) bond motifs is 6. The molecule has 0 atom stereocenters. The van der Waals surface area contributed by atoms with E-state index in [9.17, 15) is 0 Å². The van der Waals surface area contributed by atoms with Crippen molar-refractivity contribution in [1.82, 2.24) is 9.13 Å². The number of nitrogens with zero attached hydrogens (tertiary/aromatic N) is 4. The molecule has 0 unspecified atom stereocenters. The van der Waals surface area contributed by atoms with Gasteiger partial charge in [0.25, 0.3) is 0 Å². The van der Waals surface area contributed by atoms with Crippen LogP contribution in [0.3, 0.4) is 0 Å². The van der Waals surface area contributed by atoms with Gasteiger partial charge in [0.2, 0.25) is 0 Å². The average Bonchev–Trinajstić information content (AvgIpc) is 3.25. The van der Waals surface area contributed by atoms with Crippen molar-refractivity contribution in [1.29, 1.82) is 0 Å². The molecule has 15 rings (SSSR count). The minimum atomic E-state index is 1.08. The van der Waals surface area contributed by atoms with E-state index in [2.05, 4.69) is 347 Å². The summed E-state index contributed by atoms with van der Waals surface area (Å²) in [6.07, 6.45) is 0. The molecular formula is C79H56N4. The minimum absolute atomic E-state index is 1.08. The molecule has 0 radical (unpaired) electrons. The second-order valence-corrected chi connectivity index (χ2v) is 21.5. The molecule has 15 aromatic rings. The van der Waals surface area contributed by atoms with Crippen molar-refractivity contribution in [3.8, 4) is 55.9 Å². The molecule has 0 amide bonds. The first kappa shape index (κ1) is 49.1. The molecule has 0 aliphatic heterocycles.